The molecule has 1 heterocycles. The van der Waals surface area contributed by atoms with Gasteiger partial charge in [0.05, 0.1) is 6.61 Å². The number of halogens is 1. The predicted molar refractivity (Wildman–Crippen MR) is 68.0 cm³/mol. The number of hydrogen-bond donors (Lipinski definition) is 0. The van der Waals surface area contributed by atoms with Gasteiger partial charge in [0.2, 0.25) is 0 Å². The summed E-state index contributed by atoms with van der Waals surface area (Å²) < 4.78 is 6.45. The molecule has 0 saturated carbocycles. The molecule has 1 rings (SSSR count). The second-order valence-corrected chi connectivity index (χ2v) is 4.82. The van der Waals surface area contributed by atoms with E-state index in [0.717, 1.165) is 10.8 Å². The van der Waals surface area contributed by atoms with Gasteiger partial charge in [-0.1, -0.05) is 55.2 Å². The fourth-order valence-corrected chi connectivity index (χ4v) is 1.93. The van der Waals surface area contributed by atoms with E-state index in [-0.39, 0.29) is 12.4 Å². The summed E-state index contributed by atoms with van der Waals surface area (Å²) >= 11 is 2.27. The molecule has 1 saturated heterocycles. The molecule has 15 heavy (non-hydrogen) atoms. The maximum atomic E-state index is 5.54. The van der Waals surface area contributed by atoms with E-state index in [1.165, 1.54) is 32.1 Å². The summed E-state index contributed by atoms with van der Waals surface area (Å²) in [4.78, 5) is 10.3. The minimum Gasteiger partial charge on any atom is -0.347 e. The van der Waals surface area contributed by atoms with Gasteiger partial charge in [0.15, 0.2) is 6.29 Å². The van der Waals surface area contributed by atoms with Gasteiger partial charge in [-0.2, -0.15) is 0 Å². The van der Waals surface area contributed by atoms with Crippen LogP contribution in [-0.4, -0.2) is 23.4 Å². The zero-order chi connectivity index (χ0) is 10.9. The van der Waals surface area contributed by atoms with E-state index in [1.54, 1.807) is 0 Å². The molecular weight excluding hydrogens is 307 g/mol. The molecule has 0 aromatic rings. The molecular formula is C11H21IO3. The van der Waals surface area contributed by atoms with Crippen LogP contribution in [0.1, 0.15) is 45.4 Å². The molecule has 0 unspecified atom stereocenters. The maximum Gasteiger partial charge on any atom is 0.191 e. The van der Waals surface area contributed by atoms with Crippen LogP contribution in [0.25, 0.3) is 0 Å². The zero-order valence-electron chi connectivity index (χ0n) is 9.41. The van der Waals surface area contributed by atoms with Crippen LogP contribution in [0.5, 0.6) is 0 Å². The molecule has 0 aromatic heterocycles. The number of alkyl halides is 1. The summed E-state index contributed by atoms with van der Waals surface area (Å²) in [5.74, 6) is 0. The zero-order valence-corrected chi connectivity index (χ0v) is 11.6. The summed E-state index contributed by atoms with van der Waals surface area (Å²) in [6.45, 7) is 2.90. The average molecular weight is 328 g/mol. The van der Waals surface area contributed by atoms with Gasteiger partial charge in [-0.25, -0.2) is 9.78 Å². The van der Waals surface area contributed by atoms with Crippen molar-refractivity contribution in [1.82, 2.24) is 0 Å². The Bertz CT molecular complexity index is 147. The standard InChI is InChI=1S/C11H21IO3/c1-2-3-4-5-6-7-11-13-9-10(8-12)14-15-11/h10-11H,2-9H2,1H3/t10-,11-/m1/s1. The van der Waals surface area contributed by atoms with Crippen LogP contribution in [-0.2, 0) is 14.5 Å². The molecule has 3 nitrogen and oxygen atoms in total. The summed E-state index contributed by atoms with van der Waals surface area (Å²) in [7, 11) is 0. The fraction of sp³-hybridized carbons (Fsp3) is 1.00. The molecule has 0 aromatic carbocycles. The first-order chi connectivity index (χ1) is 7.36. The van der Waals surface area contributed by atoms with Crippen molar-refractivity contribution >= 4 is 22.6 Å². The van der Waals surface area contributed by atoms with Gasteiger partial charge in [-0.05, 0) is 6.42 Å². The first kappa shape index (κ1) is 13.7. The first-order valence-electron chi connectivity index (χ1n) is 5.86. The van der Waals surface area contributed by atoms with Gasteiger partial charge in [0, 0.05) is 10.8 Å². The third-order valence-corrected chi connectivity index (χ3v) is 3.46. The van der Waals surface area contributed by atoms with E-state index >= 15 is 0 Å². The molecule has 90 valence electrons. The van der Waals surface area contributed by atoms with Crippen molar-refractivity contribution < 1.29 is 14.5 Å². The molecule has 4 heteroatoms. The van der Waals surface area contributed by atoms with Crippen LogP contribution in [0.15, 0.2) is 0 Å². The number of rotatable bonds is 7. The van der Waals surface area contributed by atoms with Crippen molar-refractivity contribution in [3.8, 4) is 0 Å². The highest BCUT2D eigenvalue weighted by Crippen LogP contribution is 2.16. The highest BCUT2D eigenvalue weighted by molar-refractivity contribution is 14.1. The van der Waals surface area contributed by atoms with E-state index in [0.29, 0.717) is 6.61 Å². The van der Waals surface area contributed by atoms with Crippen molar-refractivity contribution in [2.75, 3.05) is 11.0 Å². The van der Waals surface area contributed by atoms with E-state index < -0.39 is 0 Å². The van der Waals surface area contributed by atoms with E-state index in [4.69, 9.17) is 14.5 Å². The number of ether oxygens (including phenoxy) is 1. The number of unbranched alkanes of at least 4 members (excludes halogenated alkanes) is 4. The van der Waals surface area contributed by atoms with Crippen LogP contribution in [0, 0.1) is 0 Å². The molecule has 0 amide bonds. The average Bonchev–Trinajstić information content (AvgIpc) is 2.30. The molecule has 0 aliphatic carbocycles. The lowest BCUT2D eigenvalue weighted by Gasteiger charge is -2.27. The van der Waals surface area contributed by atoms with Gasteiger partial charge < -0.3 is 4.74 Å². The second kappa shape index (κ2) is 8.73. The van der Waals surface area contributed by atoms with E-state index in [2.05, 4.69) is 29.5 Å². The normalized spacial score (nSPS) is 26.8. The highest BCUT2D eigenvalue weighted by Gasteiger charge is 2.22. The number of hydrogen-bond acceptors (Lipinski definition) is 3. The van der Waals surface area contributed by atoms with Crippen LogP contribution in [0.3, 0.4) is 0 Å². The lowest BCUT2D eigenvalue weighted by Crippen LogP contribution is -2.34. The smallest absolute Gasteiger partial charge is 0.191 e. The van der Waals surface area contributed by atoms with Crippen LogP contribution in [0.4, 0.5) is 0 Å². The highest BCUT2D eigenvalue weighted by atomic mass is 127. The third kappa shape index (κ3) is 6.04. The molecule has 0 spiro atoms. The maximum absolute atomic E-state index is 5.54. The lowest BCUT2D eigenvalue weighted by molar-refractivity contribution is -0.437. The monoisotopic (exact) mass is 328 g/mol. The summed E-state index contributed by atoms with van der Waals surface area (Å²) in [5, 5.41) is 0. The van der Waals surface area contributed by atoms with E-state index in [1.807, 2.05) is 0 Å². The van der Waals surface area contributed by atoms with E-state index in [9.17, 15) is 0 Å². The molecule has 0 N–H and O–H groups in total. The summed E-state index contributed by atoms with van der Waals surface area (Å²) in [6.07, 6.45) is 7.32. The molecule has 0 radical (unpaired) electrons. The Labute approximate surface area is 106 Å². The van der Waals surface area contributed by atoms with Crippen LogP contribution < -0.4 is 0 Å². The van der Waals surface area contributed by atoms with Gasteiger partial charge in [0.25, 0.3) is 0 Å². The molecule has 0 bridgehead atoms. The predicted octanol–water partition coefficient (Wildman–Crippen LogP) is 3.46. The van der Waals surface area contributed by atoms with Crippen molar-refractivity contribution in [2.45, 2.75) is 57.8 Å². The second-order valence-electron chi connectivity index (χ2n) is 3.93. The van der Waals surface area contributed by atoms with Crippen LogP contribution in [0.2, 0.25) is 0 Å². The molecule has 1 aliphatic rings. The minimum atomic E-state index is -0.133. The van der Waals surface area contributed by atoms with Crippen molar-refractivity contribution in [1.29, 1.82) is 0 Å². The SMILES string of the molecule is CCCCCCC[C@@H]1OC[C@@H](CI)OO1. The van der Waals surface area contributed by atoms with Gasteiger partial charge >= 0.3 is 0 Å². The van der Waals surface area contributed by atoms with Crippen molar-refractivity contribution in [2.24, 2.45) is 0 Å². The molecule has 1 fully saturated rings. The van der Waals surface area contributed by atoms with Gasteiger partial charge in [0.1, 0.15) is 6.10 Å². The Hall–Kier alpha value is 0.610. The topological polar surface area (TPSA) is 27.7 Å². The Morgan fingerprint density at radius 3 is 2.53 bits per heavy atom. The van der Waals surface area contributed by atoms with Gasteiger partial charge in [-0.15, -0.1) is 0 Å². The molecule has 2 atom stereocenters. The summed E-state index contributed by atoms with van der Waals surface area (Å²) in [5.41, 5.74) is 0. The Morgan fingerprint density at radius 2 is 1.93 bits per heavy atom. The molecule has 1 aliphatic heterocycles. The Balaban J connectivity index is 1.94. The fourth-order valence-electron chi connectivity index (χ4n) is 1.53. The van der Waals surface area contributed by atoms with Gasteiger partial charge in [-0.3, -0.25) is 0 Å². The summed E-state index contributed by atoms with van der Waals surface area (Å²) in [6, 6.07) is 0. The Morgan fingerprint density at radius 1 is 1.13 bits per heavy atom. The minimum absolute atomic E-state index is 0.113. The quantitative estimate of drug-likeness (QED) is 0.310. The lowest BCUT2D eigenvalue weighted by atomic mass is 10.1. The van der Waals surface area contributed by atoms with Crippen molar-refractivity contribution in [3.05, 3.63) is 0 Å². The van der Waals surface area contributed by atoms with Crippen molar-refractivity contribution in [3.63, 3.8) is 0 Å². The third-order valence-electron chi connectivity index (χ3n) is 2.48. The largest absolute Gasteiger partial charge is 0.347 e. The van der Waals surface area contributed by atoms with Crippen LogP contribution >= 0.6 is 22.6 Å². The first-order valence-corrected chi connectivity index (χ1v) is 7.39. The Kier molecular flexibility index (Phi) is 7.96.